The number of rotatable bonds is 8. The van der Waals surface area contributed by atoms with Gasteiger partial charge < -0.3 is 10.1 Å². The molecule has 4 aromatic rings. The van der Waals surface area contributed by atoms with E-state index in [2.05, 4.69) is 38.5 Å². The highest BCUT2D eigenvalue weighted by atomic mass is 32.1. The van der Waals surface area contributed by atoms with Crippen LogP contribution in [0, 0.1) is 5.82 Å². The minimum Gasteiger partial charge on any atom is -0.442 e. The maximum atomic E-state index is 15.1. The van der Waals surface area contributed by atoms with Crippen molar-refractivity contribution in [2.45, 2.75) is 24.4 Å². The lowest BCUT2D eigenvalue weighted by atomic mass is 10.0. The number of hydrogen-bond acceptors (Lipinski definition) is 8. The number of tetrazole rings is 1. The van der Waals surface area contributed by atoms with Crippen LogP contribution in [0.5, 0.6) is 0 Å². The first-order valence-electron chi connectivity index (χ1n) is 11.4. The molecule has 9 nitrogen and oxygen atoms in total. The molecule has 1 fully saturated rings. The van der Waals surface area contributed by atoms with Gasteiger partial charge in [-0.1, -0.05) is 24.3 Å². The second-order valence-electron chi connectivity index (χ2n) is 8.46. The predicted octanol–water partition coefficient (Wildman–Crippen LogP) is 3.70. The fraction of sp³-hybridized carbons (Fsp3) is 0.240. The Morgan fingerprint density at radius 3 is 2.50 bits per heavy atom. The molecule has 1 amide bonds. The van der Waals surface area contributed by atoms with E-state index < -0.39 is 23.3 Å². The van der Waals surface area contributed by atoms with Crippen LogP contribution in [0.25, 0.3) is 11.1 Å². The molecule has 2 atom stereocenters. The van der Waals surface area contributed by atoms with Crippen molar-refractivity contribution in [1.29, 1.82) is 0 Å². The minimum atomic E-state index is -0.576. The summed E-state index contributed by atoms with van der Waals surface area (Å²) in [6.45, 7) is 1.64. The number of halogens is 1. The topological polar surface area (TPSA) is 98.1 Å². The molecule has 11 heteroatoms. The molecule has 0 radical (unpaired) electrons. The van der Waals surface area contributed by atoms with E-state index in [9.17, 15) is 4.79 Å². The van der Waals surface area contributed by atoms with Crippen molar-refractivity contribution in [3.8, 4) is 11.1 Å². The zero-order valence-electron chi connectivity index (χ0n) is 19.5. The van der Waals surface area contributed by atoms with Crippen molar-refractivity contribution in [2.24, 2.45) is 7.05 Å². The van der Waals surface area contributed by atoms with Crippen LogP contribution < -0.4 is 10.2 Å². The van der Waals surface area contributed by atoms with Gasteiger partial charge in [0, 0.05) is 38.1 Å². The standard InChI is InChI=1S/C25H24FN7O2S/c1-32-24(29-30-31-32)23(36)22-15-33(25(34)35-22)19-6-7-20(21(26)12-19)18-4-2-16(3-5-18)13-28-14-17-8-10-27-11-9-17/h2-12,22-23,28,36H,13-15H2,1H3/t22?,23-/m0/s1. The number of nitrogens with zero attached hydrogens (tertiary/aromatic N) is 6. The summed E-state index contributed by atoms with van der Waals surface area (Å²) in [6, 6.07) is 16.4. The highest BCUT2D eigenvalue weighted by molar-refractivity contribution is 7.80. The van der Waals surface area contributed by atoms with E-state index in [1.54, 1.807) is 31.6 Å². The Morgan fingerprint density at radius 1 is 1.11 bits per heavy atom. The average molecular weight is 506 g/mol. The number of hydrogen-bond donors (Lipinski definition) is 2. The number of anilines is 1. The number of aromatic nitrogens is 5. The number of aryl methyl sites for hydroxylation is 1. The third-order valence-electron chi connectivity index (χ3n) is 6.04. The van der Waals surface area contributed by atoms with Crippen molar-refractivity contribution >= 4 is 24.4 Å². The number of amides is 1. The van der Waals surface area contributed by atoms with Crippen LogP contribution in [0.2, 0.25) is 0 Å². The van der Waals surface area contributed by atoms with Gasteiger partial charge in [0.05, 0.1) is 12.2 Å². The molecule has 2 aromatic carbocycles. The Balaban J connectivity index is 1.23. The van der Waals surface area contributed by atoms with E-state index in [1.807, 2.05) is 36.4 Å². The zero-order chi connectivity index (χ0) is 25.1. The Kier molecular flexibility index (Phi) is 6.92. The molecule has 0 aliphatic carbocycles. The highest BCUT2D eigenvalue weighted by Gasteiger charge is 2.38. The SMILES string of the molecule is Cn1nnnc1[C@@H](S)C1CN(c2ccc(-c3ccc(CNCc4ccncc4)cc3)c(F)c2)C(=O)O1. The van der Waals surface area contributed by atoms with Gasteiger partial charge in [0.25, 0.3) is 0 Å². The number of pyridine rings is 1. The number of ether oxygens (including phenoxy) is 1. The third-order valence-corrected chi connectivity index (χ3v) is 6.61. The minimum absolute atomic E-state index is 0.208. The van der Waals surface area contributed by atoms with Crippen LogP contribution in [-0.4, -0.2) is 43.9 Å². The summed E-state index contributed by atoms with van der Waals surface area (Å²) in [7, 11) is 1.69. The summed E-state index contributed by atoms with van der Waals surface area (Å²) >= 11 is 4.53. The summed E-state index contributed by atoms with van der Waals surface area (Å²) in [6.07, 6.45) is 2.40. The second kappa shape index (κ2) is 10.4. The molecular formula is C25H24FN7O2S. The lowest BCUT2D eigenvalue weighted by molar-refractivity contribution is 0.138. The number of nitrogens with one attached hydrogen (secondary N) is 1. The average Bonchev–Trinajstić information content (AvgIpc) is 3.50. The summed E-state index contributed by atoms with van der Waals surface area (Å²) in [5.74, 6) is 0.0581. The van der Waals surface area contributed by atoms with E-state index in [-0.39, 0.29) is 6.54 Å². The largest absolute Gasteiger partial charge is 0.442 e. The van der Waals surface area contributed by atoms with Gasteiger partial charge in [-0.05, 0) is 57.4 Å². The monoisotopic (exact) mass is 505 g/mol. The van der Waals surface area contributed by atoms with Crippen molar-refractivity contribution in [3.05, 3.63) is 89.8 Å². The molecule has 1 unspecified atom stereocenters. The fourth-order valence-corrected chi connectivity index (χ4v) is 4.45. The maximum Gasteiger partial charge on any atom is 0.414 e. The Morgan fingerprint density at radius 2 is 1.83 bits per heavy atom. The van der Waals surface area contributed by atoms with Gasteiger partial charge in [0.1, 0.15) is 17.2 Å². The van der Waals surface area contributed by atoms with Gasteiger partial charge in [-0.15, -0.1) is 5.10 Å². The molecule has 1 saturated heterocycles. The number of thiol groups is 1. The van der Waals surface area contributed by atoms with E-state index in [1.165, 1.54) is 15.6 Å². The van der Waals surface area contributed by atoms with Crippen LogP contribution >= 0.6 is 12.6 Å². The number of benzene rings is 2. The van der Waals surface area contributed by atoms with E-state index in [4.69, 9.17) is 4.74 Å². The van der Waals surface area contributed by atoms with Gasteiger partial charge in [-0.3, -0.25) is 9.88 Å². The van der Waals surface area contributed by atoms with Gasteiger partial charge in [0.15, 0.2) is 5.82 Å². The molecule has 1 aliphatic rings. The van der Waals surface area contributed by atoms with Crippen LogP contribution in [0.15, 0.2) is 67.0 Å². The van der Waals surface area contributed by atoms with E-state index in [0.29, 0.717) is 23.6 Å². The molecular weight excluding hydrogens is 481 g/mol. The van der Waals surface area contributed by atoms with Crippen molar-refractivity contribution < 1.29 is 13.9 Å². The molecule has 0 saturated carbocycles. The van der Waals surface area contributed by atoms with Crippen molar-refractivity contribution in [1.82, 2.24) is 30.5 Å². The van der Waals surface area contributed by atoms with Gasteiger partial charge in [-0.25, -0.2) is 13.9 Å². The summed E-state index contributed by atoms with van der Waals surface area (Å²) < 4.78 is 22.0. The van der Waals surface area contributed by atoms with Crippen LogP contribution in [0.1, 0.15) is 22.2 Å². The fourth-order valence-electron chi connectivity index (χ4n) is 4.07. The van der Waals surface area contributed by atoms with E-state index in [0.717, 1.165) is 23.2 Å². The molecule has 2 aromatic heterocycles. The third kappa shape index (κ3) is 5.07. The number of carbonyl (C=O) groups excluding carboxylic acids is 1. The van der Waals surface area contributed by atoms with Gasteiger partial charge >= 0.3 is 6.09 Å². The molecule has 0 bridgehead atoms. The molecule has 5 rings (SSSR count). The first-order chi connectivity index (χ1) is 17.5. The lowest BCUT2D eigenvalue weighted by Gasteiger charge is -2.16. The molecule has 1 N–H and O–H groups in total. The van der Waals surface area contributed by atoms with Crippen molar-refractivity contribution in [2.75, 3.05) is 11.4 Å². The van der Waals surface area contributed by atoms with E-state index >= 15 is 4.39 Å². The Bertz CT molecular complexity index is 1350. The summed E-state index contributed by atoms with van der Waals surface area (Å²) in [5.41, 5.74) is 3.88. The summed E-state index contributed by atoms with van der Waals surface area (Å²) in [4.78, 5) is 17.9. The van der Waals surface area contributed by atoms with Crippen LogP contribution in [-0.2, 0) is 24.9 Å². The zero-order valence-corrected chi connectivity index (χ0v) is 20.3. The van der Waals surface area contributed by atoms with Crippen molar-refractivity contribution in [3.63, 3.8) is 0 Å². The first-order valence-corrected chi connectivity index (χ1v) is 11.9. The summed E-state index contributed by atoms with van der Waals surface area (Å²) in [5, 5.41) is 14.2. The Hall–Kier alpha value is -3.83. The number of carbonyl (C=O) groups is 1. The molecule has 1 aliphatic heterocycles. The normalized spacial score (nSPS) is 16.2. The van der Waals surface area contributed by atoms with Gasteiger partial charge in [-0.2, -0.15) is 12.6 Å². The first kappa shape index (κ1) is 23.9. The second-order valence-corrected chi connectivity index (χ2v) is 9.01. The molecule has 184 valence electrons. The quantitative estimate of drug-likeness (QED) is 0.353. The van der Waals surface area contributed by atoms with Gasteiger partial charge in [0.2, 0.25) is 0 Å². The predicted molar refractivity (Wildman–Crippen MR) is 135 cm³/mol. The Labute approximate surface area is 212 Å². The van der Waals surface area contributed by atoms with Crippen LogP contribution in [0.3, 0.4) is 0 Å². The van der Waals surface area contributed by atoms with Crippen LogP contribution in [0.4, 0.5) is 14.9 Å². The molecule has 3 heterocycles. The maximum absolute atomic E-state index is 15.1. The molecule has 36 heavy (non-hydrogen) atoms. The lowest BCUT2D eigenvalue weighted by Crippen LogP contribution is -2.26. The smallest absolute Gasteiger partial charge is 0.414 e. The number of cyclic esters (lactones) is 1. The molecule has 0 spiro atoms. The highest BCUT2D eigenvalue weighted by Crippen LogP contribution is 2.33.